The average molecular weight is 794 g/mol. The molecule has 0 saturated carbocycles. The van der Waals surface area contributed by atoms with Gasteiger partial charge < -0.3 is 29.7 Å². The van der Waals surface area contributed by atoms with Crippen LogP contribution >= 0.6 is 11.6 Å². The normalized spacial score (nSPS) is 16.8. The second-order valence-corrected chi connectivity index (χ2v) is 15.2. The van der Waals surface area contributed by atoms with E-state index in [0.29, 0.717) is 65.3 Å². The lowest BCUT2D eigenvalue weighted by molar-refractivity contribution is -0.137. The molecule has 2 N–H and O–H groups in total. The van der Waals surface area contributed by atoms with Crippen molar-refractivity contribution in [3.05, 3.63) is 87.6 Å². The van der Waals surface area contributed by atoms with Crippen LogP contribution in [-0.2, 0) is 28.7 Å². The number of methoxy groups -OCH3 is 2. The number of carbonyl (C=O) groups excluding carboxylic acids is 3. The standard InChI is InChI=1S/C41H43ClF3N5O6/c1-40(2,3)56-39(53)50(21-26-14-15-34(52)47-26)20-24-13-12-23(19-33(24)54-4)36-35(42)30(16-17-46-36)28-8-6-10-29-27(28)9-7-11-32(29)48-37-31(41(43,44)45)18-25(22-51)38(49-37)55-5/h6,8,10,12-13,16-19,22,26,32H,7,9,11,14-15,20-21H2,1-5H3,(H,47,52)(H,48,49)/t26-,32-/m0/s1. The highest BCUT2D eigenvalue weighted by Crippen LogP contribution is 2.44. The fourth-order valence-corrected chi connectivity index (χ4v) is 7.52. The maximum atomic E-state index is 14.2. The molecule has 15 heteroatoms. The van der Waals surface area contributed by atoms with Gasteiger partial charge in [0.15, 0.2) is 6.29 Å². The van der Waals surface area contributed by atoms with Gasteiger partial charge in [0.1, 0.15) is 17.2 Å². The number of aromatic nitrogens is 2. The summed E-state index contributed by atoms with van der Waals surface area (Å²) >= 11 is 7.15. The summed E-state index contributed by atoms with van der Waals surface area (Å²) in [7, 11) is 2.77. The van der Waals surface area contributed by atoms with Gasteiger partial charge in [-0.3, -0.25) is 14.6 Å². The third-order valence-electron chi connectivity index (χ3n) is 9.74. The summed E-state index contributed by atoms with van der Waals surface area (Å²) in [5, 5.41) is 6.29. The Labute approximate surface area is 327 Å². The molecule has 1 fully saturated rings. The van der Waals surface area contributed by atoms with Crippen LogP contribution in [0, 0.1) is 0 Å². The molecule has 1 aliphatic heterocycles. The maximum Gasteiger partial charge on any atom is 0.419 e. The number of anilines is 1. The van der Waals surface area contributed by atoms with Crippen molar-refractivity contribution in [1.29, 1.82) is 0 Å². The largest absolute Gasteiger partial charge is 0.496 e. The molecular formula is C41H43ClF3N5O6. The molecule has 11 nitrogen and oxygen atoms in total. The maximum absolute atomic E-state index is 14.2. The van der Waals surface area contributed by atoms with Gasteiger partial charge >= 0.3 is 12.3 Å². The summed E-state index contributed by atoms with van der Waals surface area (Å²) in [5.74, 6) is -0.199. The third kappa shape index (κ3) is 8.85. The molecule has 2 aliphatic rings. The quantitative estimate of drug-likeness (QED) is 0.143. The lowest BCUT2D eigenvalue weighted by Crippen LogP contribution is -2.43. The number of hydrogen-bond donors (Lipinski definition) is 2. The van der Waals surface area contributed by atoms with Crippen LogP contribution in [0.2, 0.25) is 5.02 Å². The van der Waals surface area contributed by atoms with Crippen molar-refractivity contribution in [2.45, 2.75) is 83.3 Å². The molecule has 2 aromatic carbocycles. The molecule has 4 aromatic rings. The summed E-state index contributed by atoms with van der Waals surface area (Å²) in [6.45, 7) is 5.80. The van der Waals surface area contributed by atoms with E-state index in [1.54, 1.807) is 44.0 Å². The average Bonchev–Trinajstić information content (AvgIpc) is 3.57. The first-order chi connectivity index (χ1) is 26.6. The van der Waals surface area contributed by atoms with E-state index >= 15 is 0 Å². The monoisotopic (exact) mass is 793 g/mol. The number of fused-ring (bicyclic) bond motifs is 1. The van der Waals surface area contributed by atoms with Crippen LogP contribution in [-0.4, -0.2) is 65.6 Å². The second-order valence-electron chi connectivity index (χ2n) is 14.8. The Hall–Kier alpha value is -5.37. The molecule has 6 rings (SSSR count). The molecule has 3 heterocycles. The minimum Gasteiger partial charge on any atom is -0.496 e. The van der Waals surface area contributed by atoms with Crippen LogP contribution in [0.4, 0.5) is 23.8 Å². The number of ether oxygens (including phenoxy) is 3. The van der Waals surface area contributed by atoms with E-state index in [9.17, 15) is 27.6 Å². The Morgan fingerprint density at radius 2 is 1.84 bits per heavy atom. The highest BCUT2D eigenvalue weighted by Gasteiger charge is 2.37. The fourth-order valence-electron chi connectivity index (χ4n) is 7.19. The molecule has 0 bridgehead atoms. The molecule has 56 heavy (non-hydrogen) atoms. The number of aldehydes is 1. The Kier molecular flexibility index (Phi) is 11.8. The Morgan fingerprint density at radius 1 is 1.05 bits per heavy atom. The number of nitrogens with zero attached hydrogens (tertiary/aromatic N) is 3. The number of amides is 2. The molecule has 1 aliphatic carbocycles. The molecule has 2 atom stereocenters. The van der Waals surface area contributed by atoms with E-state index in [1.165, 1.54) is 14.2 Å². The zero-order valence-electron chi connectivity index (χ0n) is 31.7. The highest BCUT2D eigenvalue weighted by atomic mass is 35.5. The molecule has 2 amide bonds. The van der Waals surface area contributed by atoms with Crippen LogP contribution in [0.5, 0.6) is 11.6 Å². The number of hydrogen-bond acceptors (Lipinski definition) is 9. The van der Waals surface area contributed by atoms with Crippen molar-refractivity contribution in [2.75, 3.05) is 26.1 Å². The predicted molar refractivity (Wildman–Crippen MR) is 205 cm³/mol. The third-order valence-corrected chi connectivity index (χ3v) is 10.1. The van der Waals surface area contributed by atoms with Gasteiger partial charge in [0.05, 0.1) is 48.6 Å². The van der Waals surface area contributed by atoms with Crippen molar-refractivity contribution >= 4 is 35.7 Å². The number of benzene rings is 2. The second kappa shape index (κ2) is 16.4. The van der Waals surface area contributed by atoms with Gasteiger partial charge in [-0.25, -0.2) is 4.79 Å². The minimum atomic E-state index is -4.77. The first kappa shape index (κ1) is 40.3. The summed E-state index contributed by atoms with van der Waals surface area (Å²) in [6, 6.07) is 12.9. The highest BCUT2D eigenvalue weighted by molar-refractivity contribution is 6.35. The molecule has 0 unspecified atom stereocenters. The van der Waals surface area contributed by atoms with E-state index < -0.39 is 35.3 Å². The number of alkyl halides is 3. The molecule has 0 radical (unpaired) electrons. The Bertz CT molecular complexity index is 2140. The van der Waals surface area contributed by atoms with Gasteiger partial charge in [-0.05, 0) is 81.3 Å². The Balaban J connectivity index is 1.31. The van der Waals surface area contributed by atoms with Crippen LogP contribution in [0.3, 0.4) is 0 Å². The van der Waals surface area contributed by atoms with Gasteiger partial charge in [-0.1, -0.05) is 41.9 Å². The van der Waals surface area contributed by atoms with Crippen molar-refractivity contribution in [3.8, 4) is 34.0 Å². The summed E-state index contributed by atoms with van der Waals surface area (Å²) in [4.78, 5) is 46.9. The SMILES string of the molecule is COc1cc(-c2nccc(-c3cccc4c3CCC[C@@H]4Nc3nc(OC)c(C=O)cc3C(F)(F)F)c2Cl)ccc1CN(C[C@@H]1CCC(=O)N1)C(=O)OC(C)(C)C. The van der Waals surface area contributed by atoms with Gasteiger partial charge in [-0.15, -0.1) is 0 Å². The van der Waals surface area contributed by atoms with E-state index in [2.05, 4.69) is 20.6 Å². The lowest BCUT2D eigenvalue weighted by atomic mass is 9.83. The molecule has 0 spiro atoms. The summed E-state index contributed by atoms with van der Waals surface area (Å²) in [6.07, 6.45) is -0.478. The summed E-state index contributed by atoms with van der Waals surface area (Å²) in [5.41, 5.74) is 2.99. The minimum absolute atomic E-state index is 0.0553. The van der Waals surface area contributed by atoms with Crippen molar-refractivity contribution < 1.29 is 41.8 Å². The zero-order chi connectivity index (χ0) is 40.4. The first-order valence-corrected chi connectivity index (χ1v) is 18.6. The van der Waals surface area contributed by atoms with Crippen molar-refractivity contribution in [3.63, 3.8) is 0 Å². The van der Waals surface area contributed by atoms with E-state index in [0.717, 1.165) is 22.8 Å². The topological polar surface area (TPSA) is 132 Å². The smallest absolute Gasteiger partial charge is 0.419 e. The van der Waals surface area contributed by atoms with Gasteiger partial charge in [0.25, 0.3) is 0 Å². The number of rotatable bonds is 11. The van der Waals surface area contributed by atoms with Crippen molar-refractivity contribution in [1.82, 2.24) is 20.2 Å². The van der Waals surface area contributed by atoms with Crippen LogP contribution in [0.25, 0.3) is 22.4 Å². The van der Waals surface area contributed by atoms with E-state index in [4.69, 9.17) is 25.8 Å². The van der Waals surface area contributed by atoms with Crippen molar-refractivity contribution in [2.24, 2.45) is 0 Å². The van der Waals surface area contributed by atoms with Crippen LogP contribution in [0.15, 0.2) is 54.7 Å². The van der Waals surface area contributed by atoms with Gasteiger partial charge in [-0.2, -0.15) is 18.2 Å². The van der Waals surface area contributed by atoms with E-state index in [-0.39, 0.29) is 42.8 Å². The predicted octanol–water partition coefficient (Wildman–Crippen LogP) is 8.82. The number of pyridine rings is 2. The molecular weight excluding hydrogens is 751 g/mol. The van der Waals surface area contributed by atoms with Crippen LogP contribution < -0.4 is 20.1 Å². The number of carbonyl (C=O) groups is 3. The number of halogens is 4. The lowest BCUT2D eigenvalue weighted by Gasteiger charge is -2.30. The molecule has 2 aromatic heterocycles. The van der Waals surface area contributed by atoms with E-state index in [1.807, 2.05) is 30.3 Å². The zero-order valence-corrected chi connectivity index (χ0v) is 32.4. The molecule has 296 valence electrons. The van der Waals surface area contributed by atoms with Crippen LogP contribution in [0.1, 0.15) is 85.1 Å². The van der Waals surface area contributed by atoms with Gasteiger partial charge in [0, 0.05) is 41.9 Å². The van der Waals surface area contributed by atoms with Gasteiger partial charge in [0.2, 0.25) is 11.8 Å². The Morgan fingerprint density at radius 3 is 2.50 bits per heavy atom. The number of nitrogens with one attached hydrogen (secondary N) is 2. The fraction of sp³-hybridized carbons (Fsp3) is 0.390. The molecule has 1 saturated heterocycles. The summed E-state index contributed by atoms with van der Waals surface area (Å²) < 4.78 is 59.1. The first-order valence-electron chi connectivity index (χ1n) is 18.2.